The van der Waals surface area contributed by atoms with Gasteiger partial charge in [0.25, 0.3) is 0 Å². The van der Waals surface area contributed by atoms with Gasteiger partial charge in [-0.05, 0) is 18.6 Å². The fraction of sp³-hybridized carbons (Fsp3) is 0.680. The summed E-state index contributed by atoms with van der Waals surface area (Å²) in [4.78, 5) is 20.5. The Balaban J connectivity index is -0.000000598. The Hall–Kier alpha value is -0.359. The van der Waals surface area contributed by atoms with Crippen molar-refractivity contribution in [2.24, 2.45) is 0 Å². The Kier molecular flexibility index (Phi) is 31.5. The number of hydrogen-bond acceptors (Lipinski definition) is 2. The van der Waals surface area contributed by atoms with Crippen LogP contribution >= 0.6 is 0 Å². The van der Waals surface area contributed by atoms with Crippen LogP contribution in [-0.4, -0.2) is 22.2 Å². The van der Waals surface area contributed by atoms with Crippen LogP contribution in [0.1, 0.15) is 120 Å². The number of carbonyl (C=O) groups is 2. The molecule has 0 spiro atoms. The number of benzene rings is 1. The summed E-state index contributed by atoms with van der Waals surface area (Å²) in [5.74, 6) is -1.53. The molecule has 188 valence electrons. The molecule has 0 aromatic heterocycles. The standard InChI is InChI=1S/C18H36O2.C7H6O2.2Ag/c1-2-3-4-5-6-7-8-9-10-11-12-13-14-15-16-17-18(19)20;8-7(9)6-4-2-1-3-5-6;;/h2-17H2,1H3,(H,19,20);1-5H,(H,8,9);;. The summed E-state index contributed by atoms with van der Waals surface area (Å²) in [6.07, 6.45) is 20.2. The van der Waals surface area contributed by atoms with Gasteiger partial charge in [-0.1, -0.05) is 115 Å². The number of carboxylic acid groups (broad SMARTS) is 2. The fourth-order valence-corrected chi connectivity index (χ4v) is 3.23. The van der Waals surface area contributed by atoms with Crippen LogP contribution in [0, 0.1) is 0 Å². The van der Waals surface area contributed by atoms with Crippen LogP contribution in [0.15, 0.2) is 30.3 Å². The van der Waals surface area contributed by atoms with E-state index >= 15 is 0 Å². The van der Waals surface area contributed by atoms with E-state index in [2.05, 4.69) is 6.92 Å². The molecule has 0 saturated heterocycles. The Bertz CT molecular complexity index is 510. The van der Waals surface area contributed by atoms with E-state index < -0.39 is 11.9 Å². The molecule has 31 heavy (non-hydrogen) atoms. The molecule has 4 nitrogen and oxygen atoms in total. The summed E-state index contributed by atoms with van der Waals surface area (Å²) in [6.45, 7) is 2.27. The van der Waals surface area contributed by atoms with Gasteiger partial charge < -0.3 is 10.2 Å². The predicted octanol–water partition coefficient (Wildman–Crippen LogP) is 7.71. The third-order valence-electron chi connectivity index (χ3n) is 5.01. The van der Waals surface area contributed by atoms with Gasteiger partial charge in [0, 0.05) is 51.2 Å². The van der Waals surface area contributed by atoms with Crippen molar-refractivity contribution in [1.29, 1.82) is 0 Å². The Morgan fingerprint density at radius 2 is 0.968 bits per heavy atom. The normalized spacial score (nSPS) is 9.58. The van der Waals surface area contributed by atoms with Gasteiger partial charge in [0.2, 0.25) is 0 Å². The Morgan fingerprint density at radius 1 is 0.613 bits per heavy atom. The average Bonchev–Trinajstić information content (AvgIpc) is 2.72. The van der Waals surface area contributed by atoms with Crippen molar-refractivity contribution in [3.05, 3.63) is 35.9 Å². The number of aliphatic carboxylic acids is 1. The number of rotatable bonds is 17. The average molecular weight is 622 g/mol. The molecule has 1 aromatic rings. The van der Waals surface area contributed by atoms with Gasteiger partial charge in [-0.2, -0.15) is 0 Å². The van der Waals surface area contributed by atoms with E-state index in [4.69, 9.17) is 10.2 Å². The zero-order chi connectivity index (χ0) is 21.6. The number of carboxylic acids is 2. The first-order valence-electron chi connectivity index (χ1n) is 11.6. The van der Waals surface area contributed by atoms with E-state index in [1.165, 1.54) is 83.5 Å². The summed E-state index contributed by atoms with van der Waals surface area (Å²) in [5.41, 5.74) is 0.331. The Labute approximate surface area is 221 Å². The molecule has 0 amide bonds. The minimum absolute atomic E-state index is 0. The first kappa shape index (κ1) is 35.2. The van der Waals surface area contributed by atoms with Crippen LogP contribution in [0.3, 0.4) is 0 Å². The van der Waals surface area contributed by atoms with Crippen molar-refractivity contribution in [3.8, 4) is 0 Å². The van der Waals surface area contributed by atoms with Gasteiger partial charge in [0.05, 0.1) is 5.56 Å². The smallest absolute Gasteiger partial charge is 0.335 e. The number of unbranched alkanes of at least 4 members (excludes halogenated alkanes) is 14. The van der Waals surface area contributed by atoms with Gasteiger partial charge in [-0.15, -0.1) is 0 Å². The molecule has 2 N–H and O–H groups in total. The Morgan fingerprint density at radius 3 is 1.26 bits per heavy atom. The van der Waals surface area contributed by atoms with Crippen molar-refractivity contribution in [1.82, 2.24) is 0 Å². The SMILES string of the molecule is CCCCCCCCCCCCCCCCCC(=O)O.O=C(O)c1ccccc1.[Ag].[Ag]. The van der Waals surface area contributed by atoms with Gasteiger partial charge >= 0.3 is 11.9 Å². The van der Waals surface area contributed by atoms with Crippen molar-refractivity contribution >= 4 is 11.9 Å². The van der Waals surface area contributed by atoms with Crippen molar-refractivity contribution < 1.29 is 64.6 Å². The maximum atomic E-state index is 10.3. The second-order valence-electron chi connectivity index (χ2n) is 7.76. The van der Waals surface area contributed by atoms with E-state index in [-0.39, 0.29) is 44.8 Å². The maximum Gasteiger partial charge on any atom is 0.335 e. The second kappa shape index (κ2) is 27.7. The molecule has 0 heterocycles. The van der Waals surface area contributed by atoms with Crippen molar-refractivity contribution in [2.75, 3.05) is 0 Å². The third kappa shape index (κ3) is 27.6. The molecule has 2 radical (unpaired) electrons. The molecule has 0 aliphatic heterocycles. The molecule has 0 unspecified atom stereocenters. The van der Waals surface area contributed by atoms with Crippen LogP contribution in [0.4, 0.5) is 0 Å². The van der Waals surface area contributed by atoms with E-state index in [0.717, 1.165) is 12.8 Å². The molecule has 1 aromatic carbocycles. The zero-order valence-electron chi connectivity index (χ0n) is 19.0. The van der Waals surface area contributed by atoms with Crippen LogP contribution in [0.25, 0.3) is 0 Å². The number of hydrogen-bond donors (Lipinski definition) is 2. The molecule has 0 aliphatic rings. The van der Waals surface area contributed by atoms with Gasteiger partial charge in [-0.3, -0.25) is 4.79 Å². The van der Waals surface area contributed by atoms with Crippen LogP contribution in [0.2, 0.25) is 0 Å². The molecule has 0 fully saturated rings. The maximum absolute atomic E-state index is 10.3. The first-order valence-corrected chi connectivity index (χ1v) is 11.6. The van der Waals surface area contributed by atoms with Crippen LogP contribution in [-0.2, 0) is 49.6 Å². The molecule has 6 heteroatoms. The molecule has 0 aliphatic carbocycles. The van der Waals surface area contributed by atoms with E-state index in [0.29, 0.717) is 12.0 Å². The second-order valence-corrected chi connectivity index (χ2v) is 7.76. The van der Waals surface area contributed by atoms with Gasteiger partial charge in [0.1, 0.15) is 0 Å². The van der Waals surface area contributed by atoms with Crippen molar-refractivity contribution in [3.63, 3.8) is 0 Å². The molecular formula is C25H42Ag2O4. The minimum Gasteiger partial charge on any atom is -0.481 e. The van der Waals surface area contributed by atoms with E-state index in [9.17, 15) is 9.59 Å². The fourth-order valence-electron chi connectivity index (χ4n) is 3.23. The summed E-state index contributed by atoms with van der Waals surface area (Å²) < 4.78 is 0. The summed E-state index contributed by atoms with van der Waals surface area (Å²) >= 11 is 0. The molecule has 1 rings (SSSR count). The monoisotopic (exact) mass is 620 g/mol. The van der Waals surface area contributed by atoms with Crippen molar-refractivity contribution in [2.45, 2.75) is 110 Å². The molecular weight excluding hydrogens is 580 g/mol. The molecule has 0 bridgehead atoms. The van der Waals surface area contributed by atoms with Crippen LogP contribution in [0.5, 0.6) is 0 Å². The summed E-state index contributed by atoms with van der Waals surface area (Å²) in [7, 11) is 0. The molecule has 0 atom stereocenters. The van der Waals surface area contributed by atoms with E-state index in [1.807, 2.05) is 0 Å². The first-order chi connectivity index (χ1) is 14.1. The third-order valence-corrected chi connectivity index (χ3v) is 5.01. The summed E-state index contributed by atoms with van der Waals surface area (Å²) in [5, 5.41) is 16.9. The topological polar surface area (TPSA) is 74.6 Å². The quantitative estimate of drug-likeness (QED) is 0.138. The van der Waals surface area contributed by atoms with Gasteiger partial charge in [0.15, 0.2) is 0 Å². The van der Waals surface area contributed by atoms with Gasteiger partial charge in [-0.25, -0.2) is 4.79 Å². The summed E-state index contributed by atoms with van der Waals surface area (Å²) in [6, 6.07) is 8.30. The number of aromatic carboxylic acids is 1. The molecule has 0 saturated carbocycles. The van der Waals surface area contributed by atoms with Crippen LogP contribution < -0.4 is 0 Å². The minimum atomic E-state index is -0.879. The zero-order valence-corrected chi connectivity index (χ0v) is 22.0. The van der Waals surface area contributed by atoms with E-state index in [1.54, 1.807) is 30.3 Å². The largest absolute Gasteiger partial charge is 0.481 e. The predicted molar refractivity (Wildman–Crippen MR) is 121 cm³/mol.